The van der Waals surface area contributed by atoms with E-state index in [1.165, 1.54) is 12.8 Å². The normalized spacial score (nSPS) is 17.0. The van der Waals surface area contributed by atoms with Gasteiger partial charge in [0.15, 0.2) is 0 Å². The van der Waals surface area contributed by atoms with Gasteiger partial charge in [0.2, 0.25) is 5.91 Å². The molecule has 3 N–H and O–H groups in total. The van der Waals surface area contributed by atoms with Gasteiger partial charge in [-0.1, -0.05) is 27.7 Å². The summed E-state index contributed by atoms with van der Waals surface area (Å²) in [7, 11) is 0. The Balaban J connectivity index is 2.20. The summed E-state index contributed by atoms with van der Waals surface area (Å²) in [5.41, 5.74) is 5.92. The summed E-state index contributed by atoms with van der Waals surface area (Å²) >= 11 is 0. The van der Waals surface area contributed by atoms with E-state index in [0.29, 0.717) is 18.9 Å². The van der Waals surface area contributed by atoms with Crippen molar-refractivity contribution >= 4 is 5.91 Å². The van der Waals surface area contributed by atoms with Gasteiger partial charge in [-0.3, -0.25) is 9.69 Å². The van der Waals surface area contributed by atoms with E-state index in [0.717, 1.165) is 38.5 Å². The van der Waals surface area contributed by atoms with E-state index in [2.05, 4.69) is 37.9 Å². The third-order valence-electron chi connectivity index (χ3n) is 4.65. The smallest absolute Gasteiger partial charge is 0.220 e. The molecule has 4 heteroatoms. The Morgan fingerprint density at radius 1 is 1.33 bits per heavy atom. The lowest BCUT2D eigenvalue weighted by Gasteiger charge is -2.30. The molecule has 0 heterocycles. The molecular formula is C17H35N3O. The zero-order valence-corrected chi connectivity index (χ0v) is 14.5. The van der Waals surface area contributed by atoms with Crippen LogP contribution in [0.3, 0.4) is 0 Å². The van der Waals surface area contributed by atoms with E-state index < -0.39 is 0 Å². The molecule has 21 heavy (non-hydrogen) atoms. The summed E-state index contributed by atoms with van der Waals surface area (Å²) in [6, 6.07) is 0.779. The average Bonchev–Trinajstić information content (AvgIpc) is 3.22. The maximum Gasteiger partial charge on any atom is 0.220 e. The van der Waals surface area contributed by atoms with Gasteiger partial charge in [-0.25, -0.2) is 0 Å². The van der Waals surface area contributed by atoms with E-state index in [9.17, 15) is 4.79 Å². The van der Waals surface area contributed by atoms with Crippen LogP contribution in [0, 0.1) is 11.3 Å². The number of hydrogen-bond donors (Lipinski definition) is 2. The number of nitrogens with zero attached hydrogens (tertiary/aromatic N) is 1. The Bertz CT molecular complexity index is 308. The van der Waals surface area contributed by atoms with Gasteiger partial charge in [0.05, 0.1) is 0 Å². The Kier molecular flexibility index (Phi) is 7.67. The third-order valence-corrected chi connectivity index (χ3v) is 4.65. The van der Waals surface area contributed by atoms with Crippen molar-refractivity contribution in [2.45, 2.75) is 65.8 Å². The van der Waals surface area contributed by atoms with E-state index in [4.69, 9.17) is 5.73 Å². The van der Waals surface area contributed by atoms with Crippen molar-refractivity contribution in [1.29, 1.82) is 0 Å². The molecule has 0 bridgehead atoms. The second-order valence-corrected chi connectivity index (χ2v) is 7.39. The highest BCUT2D eigenvalue weighted by atomic mass is 16.1. The summed E-state index contributed by atoms with van der Waals surface area (Å²) in [6.45, 7) is 12.5. The zero-order valence-electron chi connectivity index (χ0n) is 14.5. The largest absolute Gasteiger partial charge is 0.355 e. The van der Waals surface area contributed by atoms with Crippen LogP contribution in [0.2, 0.25) is 0 Å². The summed E-state index contributed by atoms with van der Waals surface area (Å²) in [5, 5.41) is 3.07. The van der Waals surface area contributed by atoms with Crippen LogP contribution in [-0.2, 0) is 4.79 Å². The predicted octanol–water partition coefficient (Wildman–Crippen LogP) is 2.38. The second kappa shape index (κ2) is 8.74. The van der Waals surface area contributed by atoms with Crippen molar-refractivity contribution in [1.82, 2.24) is 10.2 Å². The van der Waals surface area contributed by atoms with Crippen molar-refractivity contribution < 1.29 is 4.79 Å². The predicted molar refractivity (Wildman–Crippen MR) is 89.1 cm³/mol. The topological polar surface area (TPSA) is 58.4 Å². The Labute approximate surface area is 130 Å². The minimum Gasteiger partial charge on any atom is -0.355 e. The van der Waals surface area contributed by atoms with Crippen molar-refractivity contribution in [3.05, 3.63) is 0 Å². The molecule has 1 amide bonds. The zero-order chi connectivity index (χ0) is 15.9. The summed E-state index contributed by atoms with van der Waals surface area (Å²) in [6.07, 6.45) is 5.22. The van der Waals surface area contributed by atoms with Gasteiger partial charge in [0.1, 0.15) is 0 Å². The van der Waals surface area contributed by atoms with Gasteiger partial charge >= 0.3 is 0 Å². The molecule has 4 nitrogen and oxygen atoms in total. The first-order valence-corrected chi connectivity index (χ1v) is 8.59. The molecule has 0 radical (unpaired) electrons. The van der Waals surface area contributed by atoms with Gasteiger partial charge in [-0.05, 0) is 50.1 Å². The Morgan fingerprint density at radius 3 is 2.48 bits per heavy atom. The maximum atomic E-state index is 12.0. The molecule has 1 aliphatic rings. The van der Waals surface area contributed by atoms with Crippen molar-refractivity contribution in [3.63, 3.8) is 0 Å². The van der Waals surface area contributed by atoms with E-state index in [-0.39, 0.29) is 11.3 Å². The van der Waals surface area contributed by atoms with Gasteiger partial charge in [0, 0.05) is 25.6 Å². The van der Waals surface area contributed by atoms with Gasteiger partial charge in [-0.15, -0.1) is 0 Å². The maximum absolute atomic E-state index is 12.0. The van der Waals surface area contributed by atoms with E-state index >= 15 is 0 Å². The third kappa shape index (κ3) is 7.28. The first-order chi connectivity index (χ1) is 9.88. The summed E-state index contributed by atoms with van der Waals surface area (Å²) in [4.78, 5) is 14.4. The minimum absolute atomic E-state index is 0.188. The number of hydrogen-bond acceptors (Lipinski definition) is 3. The van der Waals surface area contributed by atoms with Crippen LogP contribution in [0.25, 0.3) is 0 Å². The van der Waals surface area contributed by atoms with Gasteiger partial charge in [0.25, 0.3) is 0 Å². The van der Waals surface area contributed by atoms with Crippen molar-refractivity contribution in [2.75, 3.05) is 26.2 Å². The molecule has 0 aliphatic heterocycles. The van der Waals surface area contributed by atoms with Crippen LogP contribution < -0.4 is 11.1 Å². The molecule has 1 saturated carbocycles. The van der Waals surface area contributed by atoms with Crippen LogP contribution in [0.15, 0.2) is 0 Å². The Morgan fingerprint density at radius 2 is 2.00 bits per heavy atom. The number of carbonyl (C=O) groups is 1. The highest BCUT2D eigenvalue weighted by Crippen LogP contribution is 2.32. The summed E-state index contributed by atoms with van der Waals surface area (Å²) in [5.74, 6) is 0.708. The highest BCUT2D eigenvalue weighted by Gasteiger charge is 2.27. The standard InChI is InChI=1S/C17H35N3O/c1-5-20(15-7-8-15)13-12-19-16(21)9-6-14(10-11-18)17(2,3)4/h14-15H,5-13,18H2,1-4H3,(H,19,21). The lowest BCUT2D eigenvalue weighted by atomic mass is 9.76. The molecule has 1 unspecified atom stereocenters. The summed E-state index contributed by atoms with van der Waals surface area (Å²) < 4.78 is 0. The number of rotatable bonds is 10. The monoisotopic (exact) mass is 297 g/mol. The van der Waals surface area contributed by atoms with E-state index in [1.807, 2.05) is 0 Å². The van der Waals surface area contributed by atoms with Gasteiger partial charge in [-0.2, -0.15) is 0 Å². The molecule has 0 aromatic carbocycles. The minimum atomic E-state index is 0.188. The first kappa shape index (κ1) is 18.4. The van der Waals surface area contributed by atoms with Crippen LogP contribution in [-0.4, -0.2) is 43.0 Å². The number of nitrogens with two attached hydrogens (primary N) is 1. The van der Waals surface area contributed by atoms with Crippen LogP contribution in [0.5, 0.6) is 0 Å². The Hall–Kier alpha value is -0.610. The quantitative estimate of drug-likeness (QED) is 0.651. The molecule has 1 rings (SSSR count). The first-order valence-electron chi connectivity index (χ1n) is 8.59. The lowest BCUT2D eigenvalue weighted by Crippen LogP contribution is -2.36. The number of carbonyl (C=O) groups excluding carboxylic acids is 1. The van der Waals surface area contributed by atoms with E-state index in [1.54, 1.807) is 0 Å². The molecule has 0 spiro atoms. The van der Waals surface area contributed by atoms with Crippen molar-refractivity contribution in [3.8, 4) is 0 Å². The molecule has 1 aliphatic carbocycles. The average molecular weight is 297 g/mol. The molecule has 0 saturated heterocycles. The molecule has 0 aromatic heterocycles. The molecule has 0 aromatic rings. The van der Waals surface area contributed by atoms with Crippen LogP contribution in [0.4, 0.5) is 0 Å². The lowest BCUT2D eigenvalue weighted by molar-refractivity contribution is -0.121. The fourth-order valence-electron chi connectivity index (χ4n) is 2.98. The van der Waals surface area contributed by atoms with Crippen LogP contribution >= 0.6 is 0 Å². The fourth-order valence-corrected chi connectivity index (χ4v) is 2.98. The molecular weight excluding hydrogens is 262 g/mol. The SMILES string of the molecule is CCN(CCNC(=O)CCC(CCN)C(C)(C)C)C1CC1. The number of nitrogens with one attached hydrogen (secondary N) is 1. The molecule has 1 atom stereocenters. The van der Waals surface area contributed by atoms with Gasteiger partial charge < -0.3 is 11.1 Å². The fraction of sp³-hybridized carbons (Fsp3) is 0.941. The number of amides is 1. The number of likely N-dealkylation sites (N-methyl/N-ethyl adjacent to an activating group) is 1. The second-order valence-electron chi connectivity index (χ2n) is 7.39. The van der Waals surface area contributed by atoms with Crippen LogP contribution in [0.1, 0.15) is 59.8 Å². The highest BCUT2D eigenvalue weighted by molar-refractivity contribution is 5.75. The molecule has 1 fully saturated rings. The van der Waals surface area contributed by atoms with Crippen molar-refractivity contribution in [2.24, 2.45) is 17.1 Å². The molecule has 124 valence electrons.